The SMILES string of the molecule is Cc1ccc(-n2nccc2NC(=O)NCc2cc(F)ccc2Oc2ccc3c(cnn3CCO)c2)cc1C(C)(C)C.Cl. The minimum Gasteiger partial charge on any atom is -0.457 e. The van der Waals surface area contributed by atoms with Crippen molar-refractivity contribution in [2.24, 2.45) is 0 Å². The molecule has 0 aliphatic carbocycles. The Hall–Kier alpha value is -4.41. The van der Waals surface area contributed by atoms with Crippen molar-refractivity contribution in [2.45, 2.75) is 46.2 Å². The Morgan fingerprint density at radius 2 is 1.86 bits per heavy atom. The molecule has 0 spiro atoms. The van der Waals surface area contributed by atoms with Crippen molar-refractivity contribution in [3.05, 3.63) is 95.6 Å². The molecule has 5 rings (SSSR count). The molecule has 0 fully saturated rings. The molecule has 0 radical (unpaired) electrons. The van der Waals surface area contributed by atoms with Gasteiger partial charge in [-0.3, -0.25) is 10.00 Å². The zero-order valence-corrected chi connectivity index (χ0v) is 24.7. The zero-order chi connectivity index (χ0) is 29.1. The lowest BCUT2D eigenvalue weighted by Crippen LogP contribution is -2.29. The summed E-state index contributed by atoms with van der Waals surface area (Å²) in [6.45, 7) is 8.96. The monoisotopic (exact) mass is 592 g/mol. The highest BCUT2D eigenvalue weighted by Gasteiger charge is 2.18. The van der Waals surface area contributed by atoms with Crippen molar-refractivity contribution in [1.29, 1.82) is 0 Å². The van der Waals surface area contributed by atoms with Gasteiger partial charge in [0.25, 0.3) is 0 Å². The van der Waals surface area contributed by atoms with E-state index in [2.05, 4.69) is 54.6 Å². The van der Waals surface area contributed by atoms with Crippen molar-refractivity contribution in [1.82, 2.24) is 24.9 Å². The van der Waals surface area contributed by atoms with Gasteiger partial charge in [-0.2, -0.15) is 10.2 Å². The first-order chi connectivity index (χ1) is 19.6. The van der Waals surface area contributed by atoms with Crippen LogP contribution in [-0.2, 0) is 18.5 Å². The number of hydrogen-bond acceptors (Lipinski definition) is 5. The molecular weight excluding hydrogens is 559 g/mol. The number of nitrogens with zero attached hydrogens (tertiary/aromatic N) is 4. The van der Waals surface area contributed by atoms with Gasteiger partial charge in [-0.25, -0.2) is 13.9 Å². The largest absolute Gasteiger partial charge is 0.457 e. The second-order valence-electron chi connectivity index (χ2n) is 10.9. The summed E-state index contributed by atoms with van der Waals surface area (Å²) in [6, 6.07) is 17.0. The van der Waals surface area contributed by atoms with Gasteiger partial charge in [0.05, 0.1) is 36.7 Å². The van der Waals surface area contributed by atoms with Crippen molar-refractivity contribution in [3.63, 3.8) is 0 Å². The second kappa shape index (κ2) is 12.6. The first-order valence-electron chi connectivity index (χ1n) is 13.4. The van der Waals surface area contributed by atoms with Crippen LogP contribution in [0.5, 0.6) is 11.5 Å². The van der Waals surface area contributed by atoms with Gasteiger partial charge in [0.15, 0.2) is 0 Å². The van der Waals surface area contributed by atoms with E-state index in [9.17, 15) is 14.3 Å². The van der Waals surface area contributed by atoms with Crippen LogP contribution < -0.4 is 15.4 Å². The number of amides is 2. The summed E-state index contributed by atoms with van der Waals surface area (Å²) in [7, 11) is 0. The number of aliphatic hydroxyl groups excluding tert-OH is 1. The second-order valence-corrected chi connectivity index (χ2v) is 10.9. The highest BCUT2D eigenvalue weighted by molar-refractivity contribution is 5.88. The first-order valence-corrected chi connectivity index (χ1v) is 13.4. The van der Waals surface area contributed by atoms with Crippen LogP contribution in [0, 0.1) is 12.7 Å². The number of benzene rings is 3. The fourth-order valence-electron chi connectivity index (χ4n) is 4.80. The van der Waals surface area contributed by atoms with E-state index in [0.29, 0.717) is 29.4 Å². The molecule has 3 N–H and O–H groups in total. The van der Waals surface area contributed by atoms with Gasteiger partial charge in [-0.1, -0.05) is 26.8 Å². The number of carbonyl (C=O) groups is 1. The molecule has 42 heavy (non-hydrogen) atoms. The van der Waals surface area contributed by atoms with Crippen molar-refractivity contribution >= 4 is 35.2 Å². The third-order valence-electron chi connectivity index (χ3n) is 6.77. The van der Waals surface area contributed by atoms with Gasteiger partial charge in [0.2, 0.25) is 0 Å². The lowest BCUT2D eigenvalue weighted by Gasteiger charge is -2.23. The van der Waals surface area contributed by atoms with E-state index in [-0.39, 0.29) is 31.0 Å². The van der Waals surface area contributed by atoms with Gasteiger partial charge >= 0.3 is 6.03 Å². The number of ether oxygens (including phenoxy) is 1. The van der Waals surface area contributed by atoms with Crippen LogP contribution in [-0.4, -0.2) is 37.3 Å². The third-order valence-corrected chi connectivity index (χ3v) is 6.77. The van der Waals surface area contributed by atoms with Crippen molar-refractivity contribution < 1.29 is 19.0 Å². The lowest BCUT2D eigenvalue weighted by atomic mass is 9.84. The Balaban J connectivity index is 0.00000405. The average molecular weight is 593 g/mol. The van der Waals surface area contributed by atoms with Crippen LogP contribution in [0.3, 0.4) is 0 Å². The quantitative estimate of drug-likeness (QED) is 0.191. The molecule has 11 heteroatoms. The van der Waals surface area contributed by atoms with Crippen LogP contribution in [0.4, 0.5) is 15.0 Å². The van der Waals surface area contributed by atoms with Gasteiger partial charge in [0.1, 0.15) is 23.1 Å². The summed E-state index contributed by atoms with van der Waals surface area (Å²) in [4.78, 5) is 12.9. The van der Waals surface area contributed by atoms with Crippen LogP contribution in [0.25, 0.3) is 16.6 Å². The molecular formula is C31H34ClFN6O3. The normalized spacial score (nSPS) is 11.3. The molecule has 0 unspecified atom stereocenters. The number of aliphatic hydroxyl groups is 1. The molecule has 2 heterocycles. The lowest BCUT2D eigenvalue weighted by molar-refractivity contribution is 0.251. The topological polar surface area (TPSA) is 106 Å². The van der Waals surface area contributed by atoms with E-state index in [0.717, 1.165) is 16.6 Å². The van der Waals surface area contributed by atoms with Crippen molar-refractivity contribution in [3.8, 4) is 17.2 Å². The number of hydrogen-bond donors (Lipinski definition) is 3. The van der Waals surface area contributed by atoms with Crippen molar-refractivity contribution in [2.75, 3.05) is 11.9 Å². The summed E-state index contributed by atoms with van der Waals surface area (Å²) < 4.78 is 23.6. The maximum atomic E-state index is 14.2. The zero-order valence-electron chi connectivity index (χ0n) is 23.9. The maximum Gasteiger partial charge on any atom is 0.320 e. The smallest absolute Gasteiger partial charge is 0.320 e. The number of anilines is 1. The van der Waals surface area contributed by atoms with Gasteiger partial charge < -0.3 is 15.2 Å². The standard InChI is InChI=1S/C31H33FN6O3.ClH/c1-20-5-7-24(17-26(20)31(2,3)4)38-29(11-12-34-38)36-30(40)33-18-22-15-23(32)6-10-28(22)41-25-8-9-27-21(16-25)19-35-37(27)13-14-39;/h5-12,15-17,19,39H,13-14,18H2,1-4H3,(H2,33,36,40);1H. The molecule has 2 amide bonds. The Morgan fingerprint density at radius 3 is 2.62 bits per heavy atom. The molecule has 0 atom stereocenters. The summed E-state index contributed by atoms with van der Waals surface area (Å²) in [5, 5.41) is 24.4. The molecule has 0 bridgehead atoms. The average Bonchev–Trinajstić information content (AvgIpc) is 3.55. The summed E-state index contributed by atoms with van der Waals surface area (Å²) in [5.74, 6) is 1.00. The number of aromatic nitrogens is 4. The Morgan fingerprint density at radius 1 is 1.05 bits per heavy atom. The minimum atomic E-state index is -0.470. The molecule has 0 aliphatic rings. The Bertz CT molecular complexity index is 1710. The number of rotatable bonds is 8. The molecule has 0 saturated heterocycles. The third kappa shape index (κ3) is 6.72. The van der Waals surface area contributed by atoms with Gasteiger partial charge in [0, 0.05) is 23.6 Å². The first kappa shape index (κ1) is 30.5. The fraction of sp³-hybridized carbons (Fsp3) is 0.258. The molecule has 9 nitrogen and oxygen atoms in total. The Labute approximate surface area is 249 Å². The van der Waals surface area contributed by atoms with E-state index in [4.69, 9.17) is 4.74 Å². The highest BCUT2D eigenvalue weighted by atomic mass is 35.5. The van der Waals surface area contributed by atoms with Crippen LogP contribution in [0.15, 0.2) is 73.1 Å². The van der Waals surface area contributed by atoms with Crippen LogP contribution >= 0.6 is 12.4 Å². The van der Waals surface area contributed by atoms with Crippen LogP contribution in [0.1, 0.15) is 37.5 Å². The van der Waals surface area contributed by atoms with E-state index in [1.165, 1.54) is 29.3 Å². The maximum absolute atomic E-state index is 14.2. The number of urea groups is 1. The van der Waals surface area contributed by atoms with Crippen LogP contribution in [0.2, 0.25) is 0 Å². The van der Waals surface area contributed by atoms with Gasteiger partial charge in [-0.15, -0.1) is 12.4 Å². The number of fused-ring (bicyclic) bond motifs is 1. The number of carbonyl (C=O) groups excluding carboxylic acids is 1. The van der Waals surface area contributed by atoms with E-state index in [1.54, 1.807) is 33.9 Å². The molecule has 0 aliphatic heterocycles. The van der Waals surface area contributed by atoms with E-state index >= 15 is 0 Å². The molecule has 3 aromatic carbocycles. The number of halogens is 2. The minimum absolute atomic E-state index is 0. The number of aryl methyl sites for hydroxylation is 1. The van der Waals surface area contributed by atoms with E-state index in [1.807, 2.05) is 24.3 Å². The molecule has 2 aromatic heterocycles. The predicted octanol–water partition coefficient (Wildman–Crippen LogP) is 6.50. The Kier molecular flexibility index (Phi) is 9.18. The fourth-order valence-corrected chi connectivity index (χ4v) is 4.80. The molecule has 0 saturated carbocycles. The van der Waals surface area contributed by atoms with Gasteiger partial charge in [-0.05, 0) is 72.0 Å². The predicted molar refractivity (Wildman–Crippen MR) is 163 cm³/mol. The number of nitrogens with one attached hydrogen (secondary N) is 2. The summed E-state index contributed by atoms with van der Waals surface area (Å²) >= 11 is 0. The highest BCUT2D eigenvalue weighted by Crippen LogP contribution is 2.30. The molecule has 220 valence electrons. The summed E-state index contributed by atoms with van der Waals surface area (Å²) in [5.41, 5.74) is 4.50. The summed E-state index contributed by atoms with van der Waals surface area (Å²) in [6.07, 6.45) is 3.32. The molecule has 5 aromatic rings. The van der Waals surface area contributed by atoms with E-state index < -0.39 is 11.8 Å².